The SMILES string of the molecule is CCCCOCCCNc1ccc(Cl)nn1. The number of anilines is 1. The van der Waals surface area contributed by atoms with Crippen LogP contribution in [0.15, 0.2) is 12.1 Å². The van der Waals surface area contributed by atoms with E-state index in [1.54, 1.807) is 6.07 Å². The second-order valence-electron chi connectivity index (χ2n) is 3.49. The van der Waals surface area contributed by atoms with Gasteiger partial charge in [-0.3, -0.25) is 0 Å². The number of halogens is 1. The summed E-state index contributed by atoms with van der Waals surface area (Å²) in [6.45, 7) is 4.64. The lowest BCUT2D eigenvalue weighted by atomic mass is 10.3. The van der Waals surface area contributed by atoms with E-state index in [0.717, 1.165) is 38.4 Å². The van der Waals surface area contributed by atoms with E-state index >= 15 is 0 Å². The van der Waals surface area contributed by atoms with E-state index in [0.29, 0.717) is 5.15 Å². The molecule has 0 atom stereocenters. The number of hydrogen-bond acceptors (Lipinski definition) is 4. The van der Waals surface area contributed by atoms with Crippen LogP contribution in [0.2, 0.25) is 5.15 Å². The van der Waals surface area contributed by atoms with E-state index < -0.39 is 0 Å². The zero-order chi connectivity index (χ0) is 11.6. The van der Waals surface area contributed by atoms with Crippen molar-refractivity contribution in [1.29, 1.82) is 0 Å². The molecule has 0 aliphatic carbocycles. The van der Waals surface area contributed by atoms with Gasteiger partial charge in [-0.25, -0.2) is 0 Å². The molecule has 0 bridgehead atoms. The Kier molecular flexibility index (Phi) is 6.85. The Morgan fingerprint density at radius 3 is 2.75 bits per heavy atom. The van der Waals surface area contributed by atoms with E-state index in [2.05, 4.69) is 22.4 Å². The fourth-order valence-electron chi connectivity index (χ4n) is 1.15. The van der Waals surface area contributed by atoms with E-state index in [9.17, 15) is 0 Å². The molecule has 0 saturated carbocycles. The molecule has 0 saturated heterocycles. The Balaban J connectivity index is 2.01. The molecule has 0 aromatic carbocycles. The van der Waals surface area contributed by atoms with Gasteiger partial charge in [-0.15, -0.1) is 10.2 Å². The van der Waals surface area contributed by atoms with E-state index in [4.69, 9.17) is 16.3 Å². The number of aromatic nitrogens is 2. The van der Waals surface area contributed by atoms with Gasteiger partial charge >= 0.3 is 0 Å². The van der Waals surface area contributed by atoms with Crippen molar-refractivity contribution < 1.29 is 4.74 Å². The van der Waals surface area contributed by atoms with Crippen LogP contribution in [0.5, 0.6) is 0 Å². The average molecular weight is 244 g/mol. The predicted molar refractivity (Wildman–Crippen MR) is 65.9 cm³/mol. The lowest BCUT2D eigenvalue weighted by molar-refractivity contribution is 0.131. The Morgan fingerprint density at radius 1 is 1.25 bits per heavy atom. The summed E-state index contributed by atoms with van der Waals surface area (Å²) in [7, 11) is 0. The van der Waals surface area contributed by atoms with Gasteiger partial charge < -0.3 is 10.1 Å². The van der Waals surface area contributed by atoms with Gasteiger partial charge in [0.1, 0.15) is 5.82 Å². The second kappa shape index (κ2) is 8.30. The maximum atomic E-state index is 5.62. The molecule has 1 heterocycles. The zero-order valence-electron chi connectivity index (χ0n) is 9.58. The number of nitrogens with zero attached hydrogens (tertiary/aromatic N) is 2. The molecular formula is C11H18ClN3O. The topological polar surface area (TPSA) is 47.0 Å². The molecule has 0 aliphatic rings. The summed E-state index contributed by atoms with van der Waals surface area (Å²) in [4.78, 5) is 0. The third-order valence-electron chi connectivity index (χ3n) is 2.05. The number of unbranched alkanes of at least 4 members (excludes halogenated alkanes) is 1. The third kappa shape index (κ3) is 5.88. The standard InChI is InChI=1S/C11H18ClN3O/c1-2-3-8-16-9-4-7-13-11-6-5-10(12)14-15-11/h5-6H,2-4,7-9H2,1H3,(H,13,15). The molecule has 0 fully saturated rings. The molecule has 1 aromatic rings. The maximum Gasteiger partial charge on any atom is 0.151 e. The smallest absolute Gasteiger partial charge is 0.151 e. The van der Waals surface area contributed by atoms with Crippen LogP contribution < -0.4 is 5.32 Å². The largest absolute Gasteiger partial charge is 0.381 e. The van der Waals surface area contributed by atoms with E-state index in [-0.39, 0.29) is 0 Å². The highest BCUT2D eigenvalue weighted by atomic mass is 35.5. The van der Waals surface area contributed by atoms with Crippen molar-refractivity contribution in [3.63, 3.8) is 0 Å². The minimum atomic E-state index is 0.411. The van der Waals surface area contributed by atoms with Crippen molar-refractivity contribution in [1.82, 2.24) is 10.2 Å². The highest BCUT2D eigenvalue weighted by Crippen LogP contribution is 2.05. The summed E-state index contributed by atoms with van der Waals surface area (Å²) in [5, 5.41) is 11.2. The van der Waals surface area contributed by atoms with Crippen molar-refractivity contribution in [2.45, 2.75) is 26.2 Å². The lowest BCUT2D eigenvalue weighted by Crippen LogP contribution is -2.07. The first-order chi connectivity index (χ1) is 7.83. The van der Waals surface area contributed by atoms with Crippen molar-refractivity contribution in [3.05, 3.63) is 17.3 Å². The predicted octanol–water partition coefficient (Wildman–Crippen LogP) is 2.75. The number of rotatable bonds is 8. The van der Waals surface area contributed by atoms with Gasteiger partial charge in [0.25, 0.3) is 0 Å². The van der Waals surface area contributed by atoms with Gasteiger partial charge in [0.05, 0.1) is 0 Å². The van der Waals surface area contributed by atoms with Crippen molar-refractivity contribution >= 4 is 17.4 Å². The zero-order valence-corrected chi connectivity index (χ0v) is 10.3. The molecule has 4 nitrogen and oxygen atoms in total. The van der Waals surface area contributed by atoms with Gasteiger partial charge in [-0.2, -0.15) is 0 Å². The lowest BCUT2D eigenvalue weighted by Gasteiger charge is -2.05. The molecule has 0 unspecified atom stereocenters. The summed E-state index contributed by atoms with van der Waals surface area (Å²) >= 11 is 5.62. The van der Waals surface area contributed by atoms with Crippen molar-refractivity contribution in [3.8, 4) is 0 Å². The summed E-state index contributed by atoms with van der Waals surface area (Å²) in [6.07, 6.45) is 3.28. The third-order valence-corrected chi connectivity index (χ3v) is 2.25. The van der Waals surface area contributed by atoms with Gasteiger partial charge in [-0.05, 0) is 25.0 Å². The van der Waals surface area contributed by atoms with Gasteiger partial charge in [-0.1, -0.05) is 24.9 Å². The minimum absolute atomic E-state index is 0.411. The summed E-state index contributed by atoms with van der Waals surface area (Å²) in [6, 6.07) is 3.53. The molecule has 1 rings (SSSR count). The van der Waals surface area contributed by atoms with Crippen LogP contribution in [-0.4, -0.2) is 30.0 Å². The maximum absolute atomic E-state index is 5.62. The highest BCUT2D eigenvalue weighted by molar-refractivity contribution is 6.29. The molecule has 0 spiro atoms. The van der Waals surface area contributed by atoms with Crippen LogP contribution in [0.1, 0.15) is 26.2 Å². The van der Waals surface area contributed by atoms with Crippen molar-refractivity contribution in [2.24, 2.45) is 0 Å². The Labute approximate surface area is 101 Å². The number of ether oxygens (including phenoxy) is 1. The minimum Gasteiger partial charge on any atom is -0.381 e. The van der Waals surface area contributed by atoms with Crippen LogP contribution in [0.3, 0.4) is 0 Å². The number of hydrogen-bond donors (Lipinski definition) is 1. The van der Waals surface area contributed by atoms with Gasteiger partial charge in [0, 0.05) is 19.8 Å². The first-order valence-corrected chi connectivity index (χ1v) is 6.01. The Hall–Kier alpha value is -0.870. The van der Waals surface area contributed by atoms with Crippen LogP contribution >= 0.6 is 11.6 Å². The first-order valence-electron chi connectivity index (χ1n) is 5.63. The van der Waals surface area contributed by atoms with Gasteiger partial charge in [0.2, 0.25) is 0 Å². The fourth-order valence-corrected chi connectivity index (χ4v) is 1.25. The summed E-state index contributed by atoms with van der Waals surface area (Å²) < 4.78 is 5.43. The van der Waals surface area contributed by atoms with Crippen molar-refractivity contribution in [2.75, 3.05) is 25.1 Å². The highest BCUT2D eigenvalue weighted by Gasteiger charge is 1.94. The summed E-state index contributed by atoms with van der Waals surface area (Å²) in [5.74, 6) is 0.748. The Morgan fingerprint density at radius 2 is 2.06 bits per heavy atom. The molecule has 90 valence electrons. The van der Waals surface area contributed by atoms with Crippen LogP contribution in [0.4, 0.5) is 5.82 Å². The monoisotopic (exact) mass is 243 g/mol. The molecule has 0 radical (unpaired) electrons. The first kappa shape index (κ1) is 13.2. The molecule has 5 heteroatoms. The fraction of sp³-hybridized carbons (Fsp3) is 0.636. The average Bonchev–Trinajstić information content (AvgIpc) is 2.30. The molecule has 0 amide bonds. The molecular weight excluding hydrogens is 226 g/mol. The quantitative estimate of drug-likeness (QED) is 0.714. The summed E-state index contributed by atoms with van der Waals surface area (Å²) in [5.41, 5.74) is 0. The van der Waals surface area contributed by atoms with Crippen LogP contribution in [0, 0.1) is 0 Å². The molecule has 16 heavy (non-hydrogen) atoms. The normalized spacial score (nSPS) is 10.4. The molecule has 0 aliphatic heterocycles. The second-order valence-corrected chi connectivity index (χ2v) is 3.87. The molecule has 1 aromatic heterocycles. The van der Waals surface area contributed by atoms with E-state index in [1.807, 2.05) is 6.07 Å². The van der Waals surface area contributed by atoms with Crippen LogP contribution in [0.25, 0.3) is 0 Å². The molecule has 1 N–H and O–H groups in total. The van der Waals surface area contributed by atoms with E-state index in [1.165, 1.54) is 6.42 Å². The Bertz CT molecular complexity index is 279. The van der Waals surface area contributed by atoms with Crippen LogP contribution in [-0.2, 0) is 4.74 Å². The number of nitrogens with one attached hydrogen (secondary N) is 1. The van der Waals surface area contributed by atoms with Gasteiger partial charge in [0.15, 0.2) is 5.15 Å².